The monoisotopic (exact) mass is 410 g/mol. The molecule has 8 heteroatoms. The summed E-state index contributed by atoms with van der Waals surface area (Å²) in [4.78, 5) is 8.73. The maximum Gasteiger partial charge on any atom is 0.153 e. The van der Waals surface area contributed by atoms with Crippen molar-refractivity contribution in [2.75, 3.05) is 7.11 Å². The van der Waals surface area contributed by atoms with Crippen molar-refractivity contribution in [1.82, 2.24) is 20.2 Å². The molecule has 2 aromatic heterocycles. The van der Waals surface area contributed by atoms with Crippen LogP contribution in [0.4, 0.5) is 8.78 Å². The number of nitrogens with zero attached hydrogens (tertiary/aromatic N) is 3. The Morgan fingerprint density at radius 2 is 2.00 bits per heavy atom. The van der Waals surface area contributed by atoms with Gasteiger partial charge < -0.3 is 9.84 Å². The summed E-state index contributed by atoms with van der Waals surface area (Å²) in [5.74, 6) is -1.25. The van der Waals surface area contributed by atoms with Crippen molar-refractivity contribution in [1.29, 1.82) is 0 Å². The topological polar surface area (TPSA) is 83.9 Å². The molecule has 0 aliphatic rings. The Kier molecular flexibility index (Phi) is 5.17. The molecule has 2 N–H and O–H groups in total. The van der Waals surface area contributed by atoms with E-state index in [1.165, 1.54) is 12.4 Å². The second-order valence-electron chi connectivity index (χ2n) is 7.13. The van der Waals surface area contributed by atoms with Crippen LogP contribution in [-0.2, 0) is 12.0 Å². The van der Waals surface area contributed by atoms with Gasteiger partial charge in [-0.15, -0.1) is 0 Å². The van der Waals surface area contributed by atoms with E-state index in [1.54, 1.807) is 20.1 Å². The smallest absolute Gasteiger partial charge is 0.153 e. The van der Waals surface area contributed by atoms with E-state index in [4.69, 9.17) is 4.74 Å². The second kappa shape index (κ2) is 7.79. The van der Waals surface area contributed by atoms with Crippen LogP contribution < -0.4 is 4.74 Å². The molecule has 0 aliphatic heterocycles. The number of H-pyrrole nitrogens is 1. The molecule has 0 radical (unpaired) electrons. The van der Waals surface area contributed by atoms with Gasteiger partial charge in [0.1, 0.15) is 29.3 Å². The first-order valence-electron chi connectivity index (χ1n) is 9.38. The first-order chi connectivity index (χ1) is 14.4. The van der Waals surface area contributed by atoms with Crippen LogP contribution in [0.5, 0.6) is 5.75 Å². The summed E-state index contributed by atoms with van der Waals surface area (Å²) in [7, 11) is 1.58. The predicted octanol–water partition coefficient (Wildman–Crippen LogP) is 3.87. The Balaban J connectivity index is 1.83. The lowest BCUT2D eigenvalue weighted by Gasteiger charge is -2.34. The number of hydrogen-bond acceptors (Lipinski definition) is 5. The SMILES string of the molecule is COc1cccc2nc(C(C)C(O)(Cc3nc[nH]n3)c3ccc(F)cc3F)ccc12. The van der Waals surface area contributed by atoms with Crippen molar-refractivity contribution >= 4 is 10.9 Å². The van der Waals surface area contributed by atoms with E-state index >= 15 is 0 Å². The minimum Gasteiger partial charge on any atom is -0.496 e. The van der Waals surface area contributed by atoms with Gasteiger partial charge in [0.15, 0.2) is 5.82 Å². The third kappa shape index (κ3) is 3.50. The molecule has 0 bridgehead atoms. The number of aromatic amines is 1. The minimum atomic E-state index is -1.76. The van der Waals surface area contributed by atoms with Gasteiger partial charge >= 0.3 is 0 Å². The number of halogens is 2. The van der Waals surface area contributed by atoms with Crippen molar-refractivity contribution in [3.63, 3.8) is 0 Å². The number of methoxy groups -OCH3 is 1. The summed E-state index contributed by atoms with van der Waals surface area (Å²) in [5.41, 5.74) is -0.593. The van der Waals surface area contributed by atoms with E-state index in [-0.39, 0.29) is 12.0 Å². The first-order valence-corrected chi connectivity index (χ1v) is 9.38. The fourth-order valence-corrected chi connectivity index (χ4v) is 3.69. The summed E-state index contributed by atoms with van der Waals surface area (Å²) in [6, 6.07) is 12.2. The van der Waals surface area contributed by atoms with Crippen molar-refractivity contribution < 1.29 is 18.6 Å². The van der Waals surface area contributed by atoms with Crippen molar-refractivity contribution in [2.24, 2.45) is 0 Å². The number of fused-ring (bicyclic) bond motifs is 1. The summed E-state index contributed by atoms with van der Waals surface area (Å²) in [6.07, 6.45) is 1.29. The standard InChI is InChI=1S/C22H20F2N4O2/c1-13(18-9-7-15-19(27-18)4-3-5-20(15)30-2)22(29,11-21-25-12-26-28-21)16-8-6-14(23)10-17(16)24/h3-10,12-13,29H,11H2,1-2H3,(H,25,26,28). The van der Waals surface area contributed by atoms with Crippen LogP contribution in [0.1, 0.15) is 29.9 Å². The molecule has 0 aliphatic carbocycles. The van der Waals surface area contributed by atoms with Crippen LogP contribution in [0.3, 0.4) is 0 Å². The number of pyridine rings is 1. The van der Waals surface area contributed by atoms with Gasteiger partial charge in [0.25, 0.3) is 0 Å². The predicted molar refractivity (Wildman–Crippen MR) is 107 cm³/mol. The summed E-state index contributed by atoms with van der Waals surface area (Å²) >= 11 is 0. The lowest BCUT2D eigenvalue weighted by Crippen LogP contribution is -2.36. The van der Waals surface area contributed by atoms with Gasteiger partial charge in [-0.1, -0.05) is 19.1 Å². The number of rotatable bonds is 6. The Labute approximate surface area is 171 Å². The van der Waals surface area contributed by atoms with Crippen LogP contribution in [0.2, 0.25) is 0 Å². The lowest BCUT2D eigenvalue weighted by molar-refractivity contribution is 0.00630. The largest absolute Gasteiger partial charge is 0.496 e. The highest BCUT2D eigenvalue weighted by atomic mass is 19.1. The number of nitrogens with one attached hydrogen (secondary N) is 1. The molecule has 30 heavy (non-hydrogen) atoms. The molecule has 2 atom stereocenters. The number of aromatic nitrogens is 4. The van der Waals surface area contributed by atoms with Gasteiger partial charge in [-0.3, -0.25) is 10.1 Å². The molecule has 6 nitrogen and oxygen atoms in total. The molecule has 2 heterocycles. The molecule has 4 rings (SSSR count). The molecule has 0 amide bonds. The molecule has 0 fully saturated rings. The highest BCUT2D eigenvalue weighted by Crippen LogP contribution is 2.40. The van der Waals surface area contributed by atoms with E-state index in [0.717, 1.165) is 17.5 Å². The molecular weight excluding hydrogens is 390 g/mol. The number of hydrogen-bond donors (Lipinski definition) is 2. The molecule has 2 unspecified atom stereocenters. The van der Waals surface area contributed by atoms with E-state index in [9.17, 15) is 13.9 Å². The normalized spacial score (nSPS) is 14.4. The average molecular weight is 410 g/mol. The Morgan fingerprint density at radius 1 is 1.17 bits per heavy atom. The zero-order valence-electron chi connectivity index (χ0n) is 16.4. The molecule has 0 saturated heterocycles. The maximum atomic E-state index is 14.7. The van der Waals surface area contributed by atoms with E-state index < -0.39 is 23.2 Å². The van der Waals surface area contributed by atoms with Crippen molar-refractivity contribution in [2.45, 2.75) is 24.9 Å². The van der Waals surface area contributed by atoms with Gasteiger partial charge in [0.2, 0.25) is 0 Å². The molecular formula is C22H20F2N4O2. The number of aliphatic hydroxyl groups is 1. The highest BCUT2D eigenvalue weighted by molar-refractivity contribution is 5.85. The zero-order chi connectivity index (χ0) is 21.3. The van der Waals surface area contributed by atoms with Gasteiger partial charge in [-0.2, -0.15) is 5.10 Å². The second-order valence-corrected chi connectivity index (χ2v) is 7.13. The summed E-state index contributed by atoms with van der Waals surface area (Å²) < 4.78 is 33.6. The van der Waals surface area contributed by atoms with Gasteiger partial charge in [0.05, 0.1) is 12.6 Å². The minimum absolute atomic E-state index is 0.0475. The van der Waals surface area contributed by atoms with Crippen LogP contribution >= 0.6 is 0 Å². The highest BCUT2D eigenvalue weighted by Gasteiger charge is 2.41. The van der Waals surface area contributed by atoms with Crippen LogP contribution in [0.15, 0.2) is 54.9 Å². The average Bonchev–Trinajstić information content (AvgIpc) is 3.24. The third-order valence-corrected chi connectivity index (χ3v) is 5.38. The molecule has 4 aromatic rings. The van der Waals surface area contributed by atoms with Gasteiger partial charge in [-0.05, 0) is 30.3 Å². The Bertz CT molecular complexity index is 1180. The maximum absolute atomic E-state index is 14.7. The fraction of sp³-hybridized carbons (Fsp3) is 0.227. The molecule has 154 valence electrons. The fourth-order valence-electron chi connectivity index (χ4n) is 3.69. The van der Waals surface area contributed by atoms with Crippen LogP contribution in [0, 0.1) is 11.6 Å². The van der Waals surface area contributed by atoms with Gasteiger partial charge in [0, 0.05) is 35.0 Å². The quantitative estimate of drug-likeness (QED) is 0.504. The Hall–Kier alpha value is -3.39. The van der Waals surface area contributed by atoms with E-state index in [2.05, 4.69) is 20.2 Å². The van der Waals surface area contributed by atoms with Gasteiger partial charge in [-0.25, -0.2) is 13.8 Å². The Morgan fingerprint density at radius 3 is 2.70 bits per heavy atom. The zero-order valence-corrected chi connectivity index (χ0v) is 16.4. The molecule has 2 aromatic carbocycles. The molecule has 0 saturated carbocycles. The van der Waals surface area contributed by atoms with E-state index in [0.29, 0.717) is 22.8 Å². The van der Waals surface area contributed by atoms with E-state index in [1.807, 2.05) is 24.3 Å². The lowest BCUT2D eigenvalue weighted by atomic mass is 9.77. The third-order valence-electron chi connectivity index (χ3n) is 5.38. The number of benzene rings is 2. The van der Waals surface area contributed by atoms with Crippen LogP contribution in [0.25, 0.3) is 10.9 Å². The summed E-state index contributed by atoms with van der Waals surface area (Å²) in [5, 5.41) is 19.1. The van der Waals surface area contributed by atoms with Crippen LogP contribution in [-0.4, -0.2) is 32.4 Å². The first kappa shape index (κ1) is 19.9. The summed E-state index contributed by atoms with van der Waals surface area (Å²) in [6.45, 7) is 1.74. The van der Waals surface area contributed by atoms with Crippen molar-refractivity contribution in [3.8, 4) is 5.75 Å². The number of ether oxygens (including phenoxy) is 1. The van der Waals surface area contributed by atoms with Crippen molar-refractivity contribution in [3.05, 3.63) is 83.6 Å². The molecule has 0 spiro atoms.